The van der Waals surface area contributed by atoms with Crippen LogP contribution in [0.15, 0.2) is 12.3 Å². The molecule has 1 aliphatic carbocycles. The largest absolute Gasteiger partial charge is 0.480 e. The van der Waals surface area contributed by atoms with Gasteiger partial charge in [-0.15, -0.1) is 0 Å². The first-order chi connectivity index (χ1) is 11.3. The van der Waals surface area contributed by atoms with Crippen LogP contribution in [0.1, 0.15) is 46.7 Å². The number of anilines is 1. The van der Waals surface area contributed by atoms with Gasteiger partial charge in [0.2, 0.25) is 5.88 Å². The predicted molar refractivity (Wildman–Crippen MR) is 85.9 cm³/mol. The van der Waals surface area contributed by atoms with Gasteiger partial charge in [0.15, 0.2) is 0 Å². The number of methoxy groups -OCH3 is 1. The average molecular weight is 312 g/mol. The smallest absolute Gasteiger partial charge is 0.262 e. The summed E-state index contributed by atoms with van der Waals surface area (Å²) in [7, 11) is 1.56. The number of aromatic nitrogens is 3. The minimum Gasteiger partial charge on any atom is -0.480 e. The first-order valence-corrected chi connectivity index (χ1v) is 8.19. The van der Waals surface area contributed by atoms with E-state index in [-0.39, 0.29) is 5.91 Å². The van der Waals surface area contributed by atoms with Crippen LogP contribution in [0.3, 0.4) is 0 Å². The van der Waals surface area contributed by atoms with Crippen molar-refractivity contribution in [1.82, 2.24) is 14.5 Å². The Kier molecular flexibility index (Phi) is 3.52. The zero-order chi connectivity index (χ0) is 15.8. The third-order valence-corrected chi connectivity index (χ3v) is 4.67. The number of carbonyl (C=O) groups is 1. The molecule has 0 atom stereocenters. The van der Waals surface area contributed by atoms with E-state index >= 15 is 0 Å². The van der Waals surface area contributed by atoms with E-state index in [1.807, 2.05) is 6.07 Å². The number of hydrogen-bond donors (Lipinski definition) is 1. The molecule has 0 aromatic carbocycles. The Morgan fingerprint density at radius 2 is 2.17 bits per heavy atom. The number of amides is 1. The second kappa shape index (κ2) is 5.68. The van der Waals surface area contributed by atoms with Crippen molar-refractivity contribution in [3.05, 3.63) is 34.9 Å². The third-order valence-electron chi connectivity index (χ3n) is 4.67. The lowest BCUT2D eigenvalue weighted by molar-refractivity contribution is 0.102. The molecule has 0 bridgehead atoms. The van der Waals surface area contributed by atoms with Crippen LogP contribution in [0, 0.1) is 0 Å². The molecular formula is C17H20N4O2. The summed E-state index contributed by atoms with van der Waals surface area (Å²) in [6.07, 6.45) is 8.03. The van der Waals surface area contributed by atoms with E-state index in [0.29, 0.717) is 11.4 Å². The van der Waals surface area contributed by atoms with Crippen molar-refractivity contribution in [2.45, 2.75) is 45.1 Å². The first kappa shape index (κ1) is 14.2. The fourth-order valence-corrected chi connectivity index (χ4v) is 3.47. The molecule has 4 rings (SSSR count). The number of rotatable bonds is 3. The zero-order valence-electron chi connectivity index (χ0n) is 13.3. The summed E-state index contributed by atoms with van der Waals surface area (Å²) in [6.45, 7) is 0.907. The summed E-state index contributed by atoms with van der Waals surface area (Å²) in [4.78, 5) is 21.6. The number of carbonyl (C=O) groups excluding carboxylic acids is 1. The highest BCUT2D eigenvalue weighted by Crippen LogP contribution is 2.27. The number of aryl methyl sites for hydroxylation is 3. The third kappa shape index (κ3) is 2.48. The number of hydrogen-bond acceptors (Lipinski definition) is 4. The highest BCUT2D eigenvalue weighted by molar-refractivity contribution is 6.05. The number of nitrogens with zero attached hydrogens (tertiary/aromatic N) is 3. The van der Waals surface area contributed by atoms with Gasteiger partial charge in [-0.3, -0.25) is 4.79 Å². The molecule has 0 unspecified atom stereocenters. The second-order valence-electron chi connectivity index (χ2n) is 6.13. The van der Waals surface area contributed by atoms with Crippen LogP contribution in [-0.4, -0.2) is 27.6 Å². The van der Waals surface area contributed by atoms with Crippen LogP contribution in [-0.2, 0) is 25.8 Å². The van der Waals surface area contributed by atoms with Gasteiger partial charge >= 0.3 is 0 Å². The molecule has 0 radical (unpaired) electrons. The first-order valence-electron chi connectivity index (χ1n) is 8.19. The monoisotopic (exact) mass is 312 g/mol. The Morgan fingerprint density at radius 1 is 1.26 bits per heavy atom. The van der Waals surface area contributed by atoms with Crippen molar-refractivity contribution < 1.29 is 9.53 Å². The molecule has 1 aliphatic heterocycles. The zero-order valence-corrected chi connectivity index (χ0v) is 13.3. The maximum absolute atomic E-state index is 12.7. The van der Waals surface area contributed by atoms with E-state index in [0.717, 1.165) is 68.0 Å². The van der Waals surface area contributed by atoms with Crippen LogP contribution in [0.25, 0.3) is 0 Å². The molecule has 2 aromatic rings. The minimum atomic E-state index is -0.183. The number of imidazole rings is 1. The fraction of sp³-hybridized carbons (Fsp3) is 0.471. The Labute approximate surface area is 134 Å². The lowest BCUT2D eigenvalue weighted by Gasteiger charge is -2.17. The van der Waals surface area contributed by atoms with Crippen LogP contribution in [0.2, 0.25) is 0 Å². The van der Waals surface area contributed by atoms with Crippen molar-refractivity contribution in [2.75, 3.05) is 12.4 Å². The van der Waals surface area contributed by atoms with Crippen molar-refractivity contribution in [1.29, 1.82) is 0 Å². The van der Waals surface area contributed by atoms with Crippen molar-refractivity contribution in [2.24, 2.45) is 0 Å². The number of pyridine rings is 1. The van der Waals surface area contributed by atoms with E-state index in [1.165, 1.54) is 0 Å². The highest BCUT2D eigenvalue weighted by Gasteiger charge is 2.22. The standard InChI is InChI=1S/C17H20N4O2/c1-23-17-12(9-11-5-4-6-13(11)19-17)16(22)20-15-10-18-14-7-2-3-8-21(14)15/h9-10H,2-8H2,1H3,(H,20,22). The molecule has 23 heavy (non-hydrogen) atoms. The molecule has 3 heterocycles. The Bertz CT molecular complexity index is 766. The van der Waals surface area contributed by atoms with Gasteiger partial charge in [0.25, 0.3) is 5.91 Å². The van der Waals surface area contributed by atoms with Gasteiger partial charge in [-0.05, 0) is 43.7 Å². The van der Waals surface area contributed by atoms with Crippen LogP contribution >= 0.6 is 0 Å². The Morgan fingerprint density at radius 3 is 3.04 bits per heavy atom. The van der Waals surface area contributed by atoms with Crippen molar-refractivity contribution in [3.63, 3.8) is 0 Å². The van der Waals surface area contributed by atoms with Gasteiger partial charge in [0, 0.05) is 18.7 Å². The summed E-state index contributed by atoms with van der Waals surface area (Å²) >= 11 is 0. The van der Waals surface area contributed by atoms with E-state index in [9.17, 15) is 4.79 Å². The van der Waals surface area contributed by atoms with Gasteiger partial charge < -0.3 is 14.6 Å². The van der Waals surface area contributed by atoms with Gasteiger partial charge in [0.05, 0.1) is 13.3 Å². The molecule has 2 aliphatic rings. The molecule has 1 amide bonds. The summed E-state index contributed by atoms with van der Waals surface area (Å²) < 4.78 is 7.42. The molecule has 2 aromatic heterocycles. The average Bonchev–Trinajstić information content (AvgIpc) is 3.20. The second-order valence-corrected chi connectivity index (χ2v) is 6.13. The van der Waals surface area contributed by atoms with Gasteiger partial charge in [0.1, 0.15) is 17.2 Å². The van der Waals surface area contributed by atoms with Gasteiger partial charge in [-0.25, -0.2) is 9.97 Å². The SMILES string of the molecule is COc1nc2c(cc1C(=O)Nc1cnc3n1CCCC3)CCC2. The lowest BCUT2D eigenvalue weighted by atomic mass is 10.1. The summed E-state index contributed by atoms with van der Waals surface area (Å²) in [5.41, 5.74) is 2.71. The molecule has 0 spiro atoms. The predicted octanol–water partition coefficient (Wildman–Crippen LogP) is 2.36. The molecular weight excluding hydrogens is 292 g/mol. The van der Waals surface area contributed by atoms with Crippen LogP contribution in [0.4, 0.5) is 5.82 Å². The number of ether oxygens (including phenoxy) is 1. The molecule has 0 saturated carbocycles. The van der Waals surface area contributed by atoms with Crippen molar-refractivity contribution >= 4 is 11.7 Å². The molecule has 0 fully saturated rings. The molecule has 120 valence electrons. The highest BCUT2D eigenvalue weighted by atomic mass is 16.5. The molecule has 6 nitrogen and oxygen atoms in total. The van der Waals surface area contributed by atoms with E-state index in [4.69, 9.17) is 4.74 Å². The maximum atomic E-state index is 12.7. The molecule has 0 saturated heterocycles. The summed E-state index contributed by atoms with van der Waals surface area (Å²) in [5.74, 6) is 2.02. The topological polar surface area (TPSA) is 69.0 Å². The van der Waals surface area contributed by atoms with Crippen molar-refractivity contribution in [3.8, 4) is 5.88 Å². The Hall–Kier alpha value is -2.37. The fourth-order valence-electron chi connectivity index (χ4n) is 3.47. The Balaban J connectivity index is 1.63. The number of fused-ring (bicyclic) bond motifs is 2. The van der Waals surface area contributed by atoms with Crippen LogP contribution in [0.5, 0.6) is 5.88 Å². The lowest BCUT2D eigenvalue weighted by Crippen LogP contribution is -2.19. The van der Waals surface area contributed by atoms with E-state index in [1.54, 1.807) is 13.3 Å². The summed E-state index contributed by atoms with van der Waals surface area (Å²) in [6, 6.07) is 1.93. The van der Waals surface area contributed by atoms with Gasteiger partial charge in [-0.2, -0.15) is 0 Å². The van der Waals surface area contributed by atoms with E-state index < -0.39 is 0 Å². The molecule has 6 heteroatoms. The minimum absolute atomic E-state index is 0.183. The number of nitrogens with one attached hydrogen (secondary N) is 1. The maximum Gasteiger partial charge on any atom is 0.262 e. The van der Waals surface area contributed by atoms with E-state index in [2.05, 4.69) is 19.9 Å². The van der Waals surface area contributed by atoms with Crippen LogP contribution < -0.4 is 10.1 Å². The summed E-state index contributed by atoms with van der Waals surface area (Å²) in [5, 5.41) is 2.97. The molecule has 1 N–H and O–H groups in total. The quantitative estimate of drug-likeness (QED) is 0.944. The normalized spacial score (nSPS) is 15.9. The van der Waals surface area contributed by atoms with Gasteiger partial charge in [-0.1, -0.05) is 0 Å².